The van der Waals surface area contributed by atoms with E-state index in [1.54, 1.807) is 6.07 Å². The maximum Gasteiger partial charge on any atom is 0.128 e. The quantitative estimate of drug-likeness (QED) is 0.700. The molecule has 0 unspecified atom stereocenters. The number of aliphatic hydroxyl groups excluding tert-OH is 1. The van der Waals surface area contributed by atoms with Gasteiger partial charge in [-0.2, -0.15) is 0 Å². The first-order chi connectivity index (χ1) is 7.24. The van der Waals surface area contributed by atoms with Crippen LogP contribution in [0.15, 0.2) is 18.2 Å². The number of anilines is 2. The van der Waals surface area contributed by atoms with Crippen LogP contribution in [0.25, 0.3) is 0 Å². The van der Waals surface area contributed by atoms with Crippen LogP contribution in [0, 0.1) is 0 Å². The summed E-state index contributed by atoms with van der Waals surface area (Å²) in [7, 11) is 0. The third-order valence-corrected chi connectivity index (χ3v) is 3.03. The first-order valence-corrected chi connectivity index (χ1v) is 5.36. The molecule has 0 saturated heterocycles. The second-order valence-electron chi connectivity index (χ2n) is 4.22. The highest BCUT2D eigenvalue weighted by molar-refractivity contribution is 5.44. The molecule has 4 heteroatoms. The number of nitrogens with two attached hydrogens (primary N) is 1. The molecule has 15 heavy (non-hydrogen) atoms. The van der Waals surface area contributed by atoms with E-state index in [1.807, 2.05) is 12.1 Å². The van der Waals surface area contributed by atoms with E-state index in [0.717, 1.165) is 31.5 Å². The topological polar surface area (TPSA) is 71.2 Å². The fourth-order valence-corrected chi connectivity index (χ4v) is 2.17. The Morgan fingerprint density at radius 1 is 1.40 bits per heavy atom. The minimum absolute atomic E-state index is 0.156. The molecule has 1 saturated carbocycles. The Kier molecular flexibility index (Phi) is 2.77. The molecule has 0 amide bonds. The van der Waals surface area contributed by atoms with Gasteiger partial charge in [-0.15, -0.1) is 0 Å². The molecule has 4 N–H and O–H groups in total. The van der Waals surface area contributed by atoms with Gasteiger partial charge in [0.25, 0.3) is 0 Å². The Labute approximate surface area is 89.5 Å². The molecule has 2 rings (SSSR count). The van der Waals surface area contributed by atoms with Crippen molar-refractivity contribution in [3.05, 3.63) is 18.2 Å². The number of aromatic nitrogens is 1. The zero-order valence-corrected chi connectivity index (χ0v) is 8.74. The summed E-state index contributed by atoms with van der Waals surface area (Å²) >= 11 is 0. The van der Waals surface area contributed by atoms with Gasteiger partial charge in [0.1, 0.15) is 11.6 Å². The Hall–Kier alpha value is -1.29. The van der Waals surface area contributed by atoms with Crippen LogP contribution in [0.5, 0.6) is 0 Å². The number of hydrogen-bond acceptors (Lipinski definition) is 4. The monoisotopic (exact) mass is 207 g/mol. The van der Waals surface area contributed by atoms with Crippen LogP contribution in [-0.4, -0.2) is 22.2 Å². The summed E-state index contributed by atoms with van der Waals surface area (Å²) < 4.78 is 0. The van der Waals surface area contributed by atoms with Gasteiger partial charge in [0.2, 0.25) is 0 Å². The number of nitrogens with one attached hydrogen (secondary N) is 1. The van der Waals surface area contributed by atoms with Gasteiger partial charge in [-0.1, -0.05) is 18.9 Å². The summed E-state index contributed by atoms with van der Waals surface area (Å²) in [6.45, 7) is 0.156. The molecule has 0 radical (unpaired) electrons. The molecular weight excluding hydrogens is 190 g/mol. The van der Waals surface area contributed by atoms with Gasteiger partial charge >= 0.3 is 0 Å². The molecule has 1 heterocycles. The highest BCUT2D eigenvalue weighted by Gasteiger charge is 2.33. The average Bonchev–Trinajstić information content (AvgIpc) is 2.67. The normalized spacial score (nSPS) is 19.0. The first kappa shape index (κ1) is 10.2. The number of aliphatic hydroxyl groups is 1. The van der Waals surface area contributed by atoms with Gasteiger partial charge in [0.15, 0.2) is 0 Å². The number of hydrogen-bond donors (Lipinski definition) is 3. The average molecular weight is 207 g/mol. The lowest BCUT2D eigenvalue weighted by Crippen LogP contribution is -2.39. The number of nitrogens with zero attached hydrogens (tertiary/aromatic N) is 1. The maximum atomic E-state index is 9.43. The molecule has 1 aliphatic rings. The van der Waals surface area contributed by atoms with Crippen LogP contribution in [0.1, 0.15) is 25.7 Å². The standard InChI is InChI=1S/C11H17N3O/c12-9-4-3-5-10(13-9)14-11(8-15)6-1-2-7-11/h3-5,15H,1-2,6-8H2,(H3,12,13,14). The third-order valence-electron chi connectivity index (χ3n) is 3.03. The molecule has 0 atom stereocenters. The number of rotatable bonds is 3. The molecule has 0 spiro atoms. The lowest BCUT2D eigenvalue weighted by atomic mass is 9.99. The molecular formula is C11H17N3O. The van der Waals surface area contributed by atoms with Gasteiger partial charge in [-0.3, -0.25) is 0 Å². The van der Waals surface area contributed by atoms with E-state index in [4.69, 9.17) is 5.73 Å². The lowest BCUT2D eigenvalue weighted by molar-refractivity contribution is 0.214. The van der Waals surface area contributed by atoms with E-state index in [-0.39, 0.29) is 12.1 Å². The van der Waals surface area contributed by atoms with Crippen molar-refractivity contribution in [1.82, 2.24) is 4.98 Å². The second-order valence-corrected chi connectivity index (χ2v) is 4.22. The predicted octanol–water partition coefficient (Wildman–Crippen LogP) is 1.38. The van der Waals surface area contributed by atoms with Crippen molar-refractivity contribution < 1.29 is 5.11 Å². The van der Waals surface area contributed by atoms with E-state index in [9.17, 15) is 5.11 Å². The zero-order chi connectivity index (χ0) is 10.7. The van der Waals surface area contributed by atoms with Crippen molar-refractivity contribution in [2.45, 2.75) is 31.2 Å². The van der Waals surface area contributed by atoms with Crippen molar-refractivity contribution in [3.8, 4) is 0 Å². The fraction of sp³-hybridized carbons (Fsp3) is 0.545. The Balaban J connectivity index is 2.12. The van der Waals surface area contributed by atoms with E-state index in [1.165, 1.54) is 0 Å². The van der Waals surface area contributed by atoms with Gasteiger partial charge in [0.05, 0.1) is 12.1 Å². The van der Waals surface area contributed by atoms with Crippen LogP contribution in [0.2, 0.25) is 0 Å². The van der Waals surface area contributed by atoms with Crippen LogP contribution in [-0.2, 0) is 0 Å². The van der Waals surface area contributed by atoms with Crippen molar-refractivity contribution in [2.75, 3.05) is 17.7 Å². The maximum absolute atomic E-state index is 9.43. The van der Waals surface area contributed by atoms with Gasteiger partial charge in [-0.25, -0.2) is 4.98 Å². The van der Waals surface area contributed by atoms with E-state index >= 15 is 0 Å². The van der Waals surface area contributed by atoms with Crippen molar-refractivity contribution >= 4 is 11.6 Å². The lowest BCUT2D eigenvalue weighted by Gasteiger charge is -2.28. The number of nitrogen functional groups attached to an aromatic ring is 1. The molecule has 1 aromatic rings. The molecule has 1 fully saturated rings. The largest absolute Gasteiger partial charge is 0.394 e. The molecule has 1 aromatic heterocycles. The molecule has 0 aliphatic heterocycles. The van der Waals surface area contributed by atoms with Gasteiger partial charge in [-0.05, 0) is 25.0 Å². The van der Waals surface area contributed by atoms with Crippen molar-refractivity contribution in [3.63, 3.8) is 0 Å². The van der Waals surface area contributed by atoms with Crippen LogP contribution in [0.4, 0.5) is 11.6 Å². The Bertz CT molecular complexity index is 334. The van der Waals surface area contributed by atoms with Crippen molar-refractivity contribution in [1.29, 1.82) is 0 Å². The molecule has 0 aromatic carbocycles. The predicted molar refractivity (Wildman–Crippen MR) is 60.6 cm³/mol. The van der Waals surface area contributed by atoms with Gasteiger partial charge < -0.3 is 16.2 Å². The summed E-state index contributed by atoms with van der Waals surface area (Å²) in [5.41, 5.74) is 5.42. The van der Waals surface area contributed by atoms with E-state index in [0.29, 0.717) is 5.82 Å². The van der Waals surface area contributed by atoms with Crippen LogP contribution >= 0.6 is 0 Å². The van der Waals surface area contributed by atoms with Crippen molar-refractivity contribution in [2.24, 2.45) is 0 Å². The summed E-state index contributed by atoms with van der Waals surface area (Å²) in [5, 5.41) is 12.7. The Morgan fingerprint density at radius 2 is 2.13 bits per heavy atom. The van der Waals surface area contributed by atoms with E-state index < -0.39 is 0 Å². The molecule has 0 bridgehead atoms. The molecule has 82 valence electrons. The van der Waals surface area contributed by atoms with E-state index in [2.05, 4.69) is 10.3 Å². The third kappa shape index (κ3) is 2.21. The number of pyridine rings is 1. The van der Waals surface area contributed by atoms with Crippen LogP contribution in [0.3, 0.4) is 0 Å². The van der Waals surface area contributed by atoms with Gasteiger partial charge in [0, 0.05) is 0 Å². The Morgan fingerprint density at radius 3 is 2.73 bits per heavy atom. The summed E-state index contributed by atoms with van der Waals surface area (Å²) in [5.74, 6) is 1.26. The highest BCUT2D eigenvalue weighted by atomic mass is 16.3. The first-order valence-electron chi connectivity index (χ1n) is 5.36. The minimum Gasteiger partial charge on any atom is -0.394 e. The molecule has 4 nitrogen and oxygen atoms in total. The molecule has 1 aliphatic carbocycles. The zero-order valence-electron chi connectivity index (χ0n) is 8.74. The minimum atomic E-state index is -0.180. The van der Waals surface area contributed by atoms with Crippen LogP contribution < -0.4 is 11.1 Å². The smallest absolute Gasteiger partial charge is 0.128 e. The SMILES string of the molecule is Nc1cccc(NC2(CO)CCCC2)n1. The summed E-state index contributed by atoms with van der Waals surface area (Å²) in [4.78, 5) is 4.19. The highest BCUT2D eigenvalue weighted by Crippen LogP contribution is 2.32. The fourth-order valence-electron chi connectivity index (χ4n) is 2.17. The summed E-state index contributed by atoms with van der Waals surface area (Å²) in [6, 6.07) is 5.50. The second kappa shape index (κ2) is 4.06. The summed E-state index contributed by atoms with van der Waals surface area (Å²) in [6.07, 6.45) is 4.33.